The van der Waals surface area contributed by atoms with Crippen LogP contribution in [0.25, 0.3) is 0 Å². The zero-order valence-corrected chi connectivity index (χ0v) is 13.0. The predicted molar refractivity (Wildman–Crippen MR) is 82.3 cm³/mol. The van der Waals surface area contributed by atoms with Crippen molar-refractivity contribution in [2.75, 3.05) is 11.9 Å². The molecule has 104 valence electrons. The molecule has 1 heterocycles. The summed E-state index contributed by atoms with van der Waals surface area (Å²) in [6.45, 7) is 4.73. The van der Waals surface area contributed by atoms with Gasteiger partial charge in [-0.2, -0.15) is 0 Å². The maximum Gasteiger partial charge on any atom is 0.143 e. The summed E-state index contributed by atoms with van der Waals surface area (Å²) in [6.07, 6.45) is 1.01. The van der Waals surface area contributed by atoms with E-state index in [2.05, 4.69) is 21.2 Å². The molecule has 0 radical (unpaired) electrons. The van der Waals surface area contributed by atoms with Gasteiger partial charge in [0.1, 0.15) is 17.3 Å². The molecular formula is C16H15BrFNO. The van der Waals surface area contributed by atoms with Gasteiger partial charge in [0.2, 0.25) is 0 Å². The Morgan fingerprint density at radius 1 is 1.10 bits per heavy atom. The van der Waals surface area contributed by atoms with E-state index in [1.165, 1.54) is 11.3 Å². The number of halogens is 2. The Hall–Kier alpha value is -1.55. The standard InChI is InChI=1S/C16H15BrFNO/c1-9-11-7-8-19-13(11)4-6-14(9)20-15-5-3-12(17)16(18)10(15)2/h3-6,19H,7-8H2,1-2H3. The molecule has 0 aromatic heterocycles. The zero-order valence-electron chi connectivity index (χ0n) is 11.4. The van der Waals surface area contributed by atoms with E-state index in [1.807, 2.05) is 19.1 Å². The van der Waals surface area contributed by atoms with Crippen LogP contribution in [-0.2, 0) is 6.42 Å². The maximum absolute atomic E-state index is 13.9. The molecular weight excluding hydrogens is 321 g/mol. The molecule has 2 nitrogen and oxygen atoms in total. The van der Waals surface area contributed by atoms with Crippen molar-refractivity contribution in [3.63, 3.8) is 0 Å². The number of hydrogen-bond acceptors (Lipinski definition) is 2. The largest absolute Gasteiger partial charge is 0.457 e. The fraction of sp³-hybridized carbons (Fsp3) is 0.250. The minimum Gasteiger partial charge on any atom is -0.457 e. The topological polar surface area (TPSA) is 21.3 Å². The first-order valence-electron chi connectivity index (χ1n) is 6.56. The van der Waals surface area contributed by atoms with Gasteiger partial charge in [0, 0.05) is 17.8 Å². The lowest BCUT2D eigenvalue weighted by Gasteiger charge is -2.14. The number of rotatable bonds is 2. The maximum atomic E-state index is 13.9. The lowest BCUT2D eigenvalue weighted by atomic mass is 10.1. The second-order valence-corrected chi connectivity index (χ2v) is 5.83. The minimum atomic E-state index is -0.275. The highest BCUT2D eigenvalue weighted by Crippen LogP contribution is 2.36. The third-order valence-electron chi connectivity index (χ3n) is 3.75. The van der Waals surface area contributed by atoms with Gasteiger partial charge in [-0.25, -0.2) is 4.39 Å². The van der Waals surface area contributed by atoms with Crippen LogP contribution in [0.3, 0.4) is 0 Å². The molecule has 4 heteroatoms. The van der Waals surface area contributed by atoms with Gasteiger partial charge >= 0.3 is 0 Å². The van der Waals surface area contributed by atoms with Crippen molar-refractivity contribution < 1.29 is 9.13 Å². The van der Waals surface area contributed by atoms with Crippen LogP contribution >= 0.6 is 15.9 Å². The molecule has 2 aromatic carbocycles. The number of fused-ring (bicyclic) bond motifs is 1. The second-order valence-electron chi connectivity index (χ2n) is 4.98. The number of hydrogen-bond donors (Lipinski definition) is 1. The molecule has 2 aromatic rings. The highest BCUT2D eigenvalue weighted by Gasteiger charge is 2.17. The van der Waals surface area contributed by atoms with Gasteiger partial charge in [0.05, 0.1) is 4.47 Å². The molecule has 0 fully saturated rings. The number of anilines is 1. The Bertz CT molecular complexity index is 685. The monoisotopic (exact) mass is 335 g/mol. The average molecular weight is 336 g/mol. The molecule has 20 heavy (non-hydrogen) atoms. The zero-order chi connectivity index (χ0) is 14.3. The molecule has 0 saturated heterocycles. The van der Waals surface area contributed by atoms with Crippen molar-refractivity contribution >= 4 is 21.6 Å². The first kappa shape index (κ1) is 13.4. The van der Waals surface area contributed by atoms with Crippen LogP contribution < -0.4 is 10.1 Å². The highest BCUT2D eigenvalue weighted by molar-refractivity contribution is 9.10. The van der Waals surface area contributed by atoms with Crippen LogP contribution in [0, 0.1) is 19.7 Å². The molecule has 0 spiro atoms. The summed E-state index contributed by atoms with van der Waals surface area (Å²) < 4.78 is 20.2. The summed E-state index contributed by atoms with van der Waals surface area (Å²) in [5.41, 5.74) is 4.10. The van der Waals surface area contributed by atoms with E-state index in [4.69, 9.17) is 4.74 Å². The fourth-order valence-electron chi connectivity index (χ4n) is 2.52. The summed E-state index contributed by atoms with van der Waals surface area (Å²) in [4.78, 5) is 0. The summed E-state index contributed by atoms with van der Waals surface area (Å²) >= 11 is 3.18. The molecule has 0 amide bonds. The van der Waals surface area contributed by atoms with Gasteiger partial charge in [0.25, 0.3) is 0 Å². The molecule has 3 rings (SSSR count). The van der Waals surface area contributed by atoms with Gasteiger partial charge in [-0.3, -0.25) is 0 Å². The van der Waals surface area contributed by atoms with Crippen LogP contribution in [0.2, 0.25) is 0 Å². The normalized spacial score (nSPS) is 13.0. The Morgan fingerprint density at radius 2 is 1.80 bits per heavy atom. The van der Waals surface area contributed by atoms with Crippen LogP contribution in [0.15, 0.2) is 28.7 Å². The van der Waals surface area contributed by atoms with Crippen molar-refractivity contribution in [1.29, 1.82) is 0 Å². The minimum absolute atomic E-state index is 0.275. The van der Waals surface area contributed by atoms with Gasteiger partial charge in [-0.05, 0) is 71.6 Å². The van der Waals surface area contributed by atoms with E-state index < -0.39 is 0 Å². The van der Waals surface area contributed by atoms with Crippen LogP contribution in [0.1, 0.15) is 16.7 Å². The van der Waals surface area contributed by atoms with Crippen molar-refractivity contribution in [1.82, 2.24) is 0 Å². The van der Waals surface area contributed by atoms with Gasteiger partial charge < -0.3 is 10.1 Å². The lowest BCUT2D eigenvalue weighted by molar-refractivity contribution is 0.466. The van der Waals surface area contributed by atoms with Crippen molar-refractivity contribution in [2.24, 2.45) is 0 Å². The third-order valence-corrected chi connectivity index (χ3v) is 4.36. The molecule has 0 atom stereocenters. The quantitative estimate of drug-likeness (QED) is 0.836. The van der Waals surface area contributed by atoms with Crippen molar-refractivity contribution in [2.45, 2.75) is 20.3 Å². The molecule has 1 aliphatic rings. The Morgan fingerprint density at radius 3 is 2.60 bits per heavy atom. The SMILES string of the molecule is Cc1c(Oc2ccc3c(c2C)CCN3)ccc(Br)c1F. The number of nitrogens with one attached hydrogen (secondary N) is 1. The summed E-state index contributed by atoms with van der Waals surface area (Å²) in [6, 6.07) is 7.41. The van der Waals surface area contributed by atoms with Crippen LogP contribution in [0.4, 0.5) is 10.1 Å². The van der Waals surface area contributed by atoms with Crippen LogP contribution in [-0.4, -0.2) is 6.54 Å². The molecule has 1 N–H and O–H groups in total. The van der Waals surface area contributed by atoms with E-state index >= 15 is 0 Å². The molecule has 0 aliphatic carbocycles. The van der Waals surface area contributed by atoms with E-state index in [9.17, 15) is 4.39 Å². The molecule has 1 aliphatic heterocycles. The van der Waals surface area contributed by atoms with Crippen LogP contribution in [0.5, 0.6) is 11.5 Å². The number of ether oxygens (including phenoxy) is 1. The third kappa shape index (κ3) is 2.18. The van der Waals surface area contributed by atoms with Gasteiger partial charge in [-0.1, -0.05) is 0 Å². The van der Waals surface area contributed by atoms with E-state index in [0.29, 0.717) is 15.8 Å². The second kappa shape index (κ2) is 5.09. The number of benzene rings is 2. The highest BCUT2D eigenvalue weighted by atomic mass is 79.9. The predicted octanol–water partition coefficient (Wildman–Crippen LogP) is 4.97. The molecule has 0 saturated carbocycles. The smallest absolute Gasteiger partial charge is 0.143 e. The van der Waals surface area contributed by atoms with Gasteiger partial charge in [-0.15, -0.1) is 0 Å². The van der Waals surface area contributed by atoms with Crippen molar-refractivity contribution in [3.05, 3.63) is 51.2 Å². The lowest BCUT2D eigenvalue weighted by Crippen LogP contribution is -1.95. The first-order chi connectivity index (χ1) is 9.58. The summed E-state index contributed by atoms with van der Waals surface area (Å²) in [5, 5.41) is 3.34. The Balaban J connectivity index is 1.98. The molecule has 0 unspecified atom stereocenters. The first-order valence-corrected chi connectivity index (χ1v) is 7.36. The van der Waals surface area contributed by atoms with E-state index in [-0.39, 0.29) is 5.82 Å². The fourth-order valence-corrected chi connectivity index (χ4v) is 2.95. The van der Waals surface area contributed by atoms with E-state index in [1.54, 1.807) is 19.1 Å². The summed E-state index contributed by atoms with van der Waals surface area (Å²) in [5.74, 6) is 1.07. The van der Waals surface area contributed by atoms with Gasteiger partial charge in [0.15, 0.2) is 0 Å². The summed E-state index contributed by atoms with van der Waals surface area (Å²) in [7, 11) is 0. The van der Waals surface area contributed by atoms with Crippen molar-refractivity contribution in [3.8, 4) is 11.5 Å². The average Bonchev–Trinajstić information content (AvgIpc) is 2.91. The Labute approximate surface area is 126 Å². The molecule has 0 bridgehead atoms. The van der Waals surface area contributed by atoms with E-state index in [0.717, 1.165) is 24.3 Å². The Kier molecular flexibility index (Phi) is 3.42.